The van der Waals surface area contributed by atoms with E-state index in [0.717, 1.165) is 22.6 Å². The fourth-order valence-electron chi connectivity index (χ4n) is 2.72. The number of fused-ring (bicyclic) bond motifs is 1. The molecule has 132 valence electrons. The number of anilines is 1. The number of rotatable bonds is 4. The largest absolute Gasteiger partial charge is 0.454 e. The number of carbonyl (C=O) groups is 1. The van der Waals surface area contributed by atoms with Crippen LogP contribution in [0.1, 0.15) is 11.1 Å². The van der Waals surface area contributed by atoms with Crippen molar-refractivity contribution in [2.75, 3.05) is 18.8 Å². The first-order chi connectivity index (χ1) is 12.6. The molecular weight excluding hydrogens is 368 g/mol. The van der Waals surface area contributed by atoms with Gasteiger partial charge in [0, 0.05) is 5.69 Å². The van der Waals surface area contributed by atoms with E-state index in [2.05, 4.69) is 5.32 Å². The molecule has 0 aliphatic carbocycles. The highest BCUT2D eigenvalue weighted by atomic mass is 32.2. The lowest BCUT2D eigenvalue weighted by Crippen LogP contribution is -2.33. The molecule has 0 radical (unpaired) electrons. The minimum atomic E-state index is -0.0992. The minimum absolute atomic E-state index is 0.0992. The number of thiocarbonyl (C=S) groups is 1. The Kier molecular flexibility index (Phi) is 4.57. The Bertz CT molecular complexity index is 927. The van der Waals surface area contributed by atoms with Gasteiger partial charge in [-0.2, -0.15) is 0 Å². The SMILES string of the molecule is Cc1cccc(NCN2C(=O)/C(=C/c3ccc4c(c3)OCO4)SC2=S)c1. The highest BCUT2D eigenvalue weighted by Gasteiger charge is 2.31. The standard InChI is InChI=1S/C19H16N2O3S2/c1-12-3-2-4-14(7-12)20-10-21-18(22)17(26-19(21)25)9-13-5-6-15-16(8-13)24-11-23-15/h2-9,20H,10-11H2,1H3/b17-9-. The number of nitrogens with one attached hydrogen (secondary N) is 1. The third kappa shape index (κ3) is 3.40. The number of amides is 1. The fraction of sp³-hybridized carbons (Fsp3) is 0.158. The predicted molar refractivity (Wildman–Crippen MR) is 107 cm³/mol. The second kappa shape index (κ2) is 7.01. The zero-order valence-electron chi connectivity index (χ0n) is 14.0. The van der Waals surface area contributed by atoms with E-state index in [0.29, 0.717) is 21.6 Å². The van der Waals surface area contributed by atoms with Crippen molar-refractivity contribution in [3.8, 4) is 11.5 Å². The summed E-state index contributed by atoms with van der Waals surface area (Å²) >= 11 is 6.68. The van der Waals surface area contributed by atoms with Gasteiger partial charge in [-0.05, 0) is 48.4 Å². The minimum Gasteiger partial charge on any atom is -0.454 e. The molecule has 0 aromatic heterocycles. The maximum Gasteiger partial charge on any atom is 0.267 e. The topological polar surface area (TPSA) is 50.8 Å². The number of hydrogen-bond donors (Lipinski definition) is 1. The van der Waals surface area contributed by atoms with Gasteiger partial charge in [-0.1, -0.05) is 42.2 Å². The second-order valence-corrected chi connectivity index (χ2v) is 7.60. The van der Waals surface area contributed by atoms with E-state index in [4.69, 9.17) is 21.7 Å². The smallest absolute Gasteiger partial charge is 0.267 e. The zero-order valence-corrected chi connectivity index (χ0v) is 15.7. The molecule has 2 heterocycles. The first-order valence-electron chi connectivity index (χ1n) is 8.06. The van der Waals surface area contributed by atoms with Crippen LogP contribution in [-0.4, -0.2) is 28.6 Å². The summed E-state index contributed by atoms with van der Waals surface area (Å²) in [7, 11) is 0. The summed E-state index contributed by atoms with van der Waals surface area (Å²) in [6.07, 6.45) is 1.83. The molecule has 1 amide bonds. The Morgan fingerprint density at radius 1 is 1.23 bits per heavy atom. The van der Waals surface area contributed by atoms with Gasteiger partial charge in [0.2, 0.25) is 6.79 Å². The highest BCUT2D eigenvalue weighted by molar-refractivity contribution is 8.26. The van der Waals surface area contributed by atoms with Crippen molar-refractivity contribution in [3.63, 3.8) is 0 Å². The molecule has 0 saturated carbocycles. The van der Waals surface area contributed by atoms with Gasteiger partial charge in [-0.15, -0.1) is 0 Å². The summed E-state index contributed by atoms with van der Waals surface area (Å²) < 4.78 is 11.2. The molecule has 2 aromatic rings. The lowest BCUT2D eigenvalue weighted by atomic mass is 10.2. The number of thioether (sulfide) groups is 1. The molecule has 2 aliphatic heterocycles. The van der Waals surface area contributed by atoms with Crippen LogP contribution >= 0.6 is 24.0 Å². The number of hydrogen-bond acceptors (Lipinski definition) is 6. The molecule has 4 rings (SSSR count). The molecule has 5 nitrogen and oxygen atoms in total. The Morgan fingerprint density at radius 3 is 2.92 bits per heavy atom. The quantitative estimate of drug-likeness (QED) is 0.635. The average Bonchev–Trinajstić information content (AvgIpc) is 3.18. The Morgan fingerprint density at radius 2 is 2.08 bits per heavy atom. The van der Waals surface area contributed by atoms with Gasteiger partial charge in [0.25, 0.3) is 5.91 Å². The van der Waals surface area contributed by atoms with Crippen molar-refractivity contribution >= 4 is 46.0 Å². The van der Waals surface area contributed by atoms with Crippen LogP contribution in [0.15, 0.2) is 47.4 Å². The molecule has 0 unspecified atom stereocenters. The van der Waals surface area contributed by atoms with Gasteiger partial charge < -0.3 is 14.8 Å². The number of aryl methyl sites for hydroxylation is 1. The van der Waals surface area contributed by atoms with Gasteiger partial charge in [-0.25, -0.2) is 0 Å². The van der Waals surface area contributed by atoms with Crippen molar-refractivity contribution in [2.24, 2.45) is 0 Å². The maximum absolute atomic E-state index is 12.7. The number of ether oxygens (including phenoxy) is 2. The molecule has 0 spiro atoms. The monoisotopic (exact) mass is 384 g/mol. The van der Waals surface area contributed by atoms with Crippen molar-refractivity contribution in [1.29, 1.82) is 0 Å². The van der Waals surface area contributed by atoms with Crippen molar-refractivity contribution in [2.45, 2.75) is 6.92 Å². The summed E-state index contributed by atoms with van der Waals surface area (Å²) in [5.41, 5.74) is 2.99. The molecular formula is C19H16N2O3S2. The molecule has 2 aliphatic rings. The van der Waals surface area contributed by atoms with Crippen LogP contribution in [0.3, 0.4) is 0 Å². The van der Waals surface area contributed by atoms with E-state index in [1.165, 1.54) is 11.8 Å². The van der Waals surface area contributed by atoms with Gasteiger partial charge >= 0.3 is 0 Å². The molecule has 26 heavy (non-hydrogen) atoms. The Hall–Kier alpha value is -2.51. The first-order valence-corrected chi connectivity index (χ1v) is 9.28. The normalized spacial score (nSPS) is 17.3. The lowest BCUT2D eigenvalue weighted by molar-refractivity contribution is -0.121. The molecule has 0 bridgehead atoms. The highest BCUT2D eigenvalue weighted by Crippen LogP contribution is 2.36. The number of carbonyl (C=O) groups excluding carboxylic acids is 1. The summed E-state index contributed by atoms with van der Waals surface area (Å²) in [5.74, 6) is 1.31. The van der Waals surface area contributed by atoms with Crippen LogP contribution in [0.4, 0.5) is 5.69 Å². The summed E-state index contributed by atoms with van der Waals surface area (Å²) in [5, 5.41) is 3.25. The van der Waals surface area contributed by atoms with E-state index in [1.54, 1.807) is 4.90 Å². The van der Waals surface area contributed by atoms with Crippen LogP contribution in [0, 0.1) is 6.92 Å². The van der Waals surface area contributed by atoms with Crippen LogP contribution in [0.5, 0.6) is 11.5 Å². The van der Waals surface area contributed by atoms with Crippen LogP contribution in [0.25, 0.3) is 6.08 Å². The summed E-state index contributed by atoms with van der Waals surface area (Å²) in [4.78, 5) is 14.9. The molecule has 1 fully saturated rings. The fourth-order valence-corrected chi connectivity index (χ4v) is 3.97. The van der Waals surface area contributed by atoms with Gasteiger partial charge in [0.1, 0.15) is 4.32 Å². The first kappa shape index (κ1) is 16.9. The predicted octanol–water partition coefficient (Wildman–Crippen LogP) is 3.99. The third-order valence-corrected chi connectivity index (χ3v) is 5.41. The molecule has 0 atom stereocenters. The average molecular weight is 384 g/mol. The van der Waals surface area contributed by atoms with E-state index in [9.17, 15) is 4.79 Å². The molecule has 1 saturated heterocycles. The van der Waals surface area contributed by atoms with Crippen molar-refractivity contribution in [3.05, 3.63) is 58.5 Å². The Labute approximate surface area is 161 Å². The van der Waals surface area contributed by atoms with Crippen molar-refractivity contribution in [1.82, 2.24) is 4.90 Å². The third-order valence-electron chi connectivity index (χ3n) is 4.03. The van der Waals surface area contributed by atoms with Crippen molar-refractivity contribution < 1.29 is 14.3 Å². The van der Waals surface area contributed by atoms with Gasteiger partial charge in [0.15, 0.2) is 11.5 Å². The zero-order chi connectivity index (χ0) is 18.1. The number of nitrogens with zero attached hydrogens (tertiary/aromatic N) is 1. The molecule has 2 aromatic carbocycles. The maximum atomic E-state index is 12.7. The summed E-state index contributed by atoms with van der Waals surface area (Å²) in [6, 6.07) is 13.6. The Balaban J connectivity index is 1.48. The summed E-state index contributed by atoms with van der Waals surface area (Å²) in [6.45, 7) is 2.59. The lowest BCUT2D eigenvalue weighted by Gasteiger charge is -2.16. The van der Waals surface area contributed by atoms with Crippen LogP contribution in [-0.2, 0) is 4.79 Å². The molecule has 1 N–H and O–H groups in total. The van der Waals surface area contributed by atoms with Gasteiger partial charge in [0.05, 0.1) is 11.6 Å². The molecule has 7 heteroatoms. The second-order valence-electron chi connectivity index (χ2n) is 5.93. The van der Waals surface area contributed by atoms with Gasteiger partial charge in [-0.3, -0.25) is 9.69 Å². The van der Waals surface area contributed by atoms with Crippen LogP contribution in [0.2, 0.25) is 0 Å². The van der Waals surface area contributed by atoms with E-state index >= 15 is 0 Å². The van der Waals surface area contributed by atoms with E-state index in [-0.39, 0.29) is 12.7 Å². The van der Waals surface area contributed by atoms with Crippen LogP contribution < -0.4 is 14.8 Å². The van der Waals surface area contributed by atoms with E-state index in [1.807, 2.05) is 55.5 Å². The number of benzene rings is 2. The van der Waals surface area contributed by atoms with E-state index < -0.39 is 0 Å².